The van der Waals surface area contributed by atoms with Crippen molar-refractivity contribution in [3.05, 3.63) is 0 Å². The van der Waals surface area contributed by atoms with Crippen molar-refractivity contribution in [2.75, 3.05) is 39.3 Å². The highest BCUT2D eigenvalue weighted by molar-refractivity contribution is 14.0. The molecule has 0 aliphatic carbocycles. The van der Waals surface area contributed by atoms with E-state index in [9.17, 15) is 4.79 Å². The van der Waals surface area contributed by atoms with E-state index in [-0.39, 0.29) is 35.7 Å². The molecule has 1 aliphatic heterocycles. The zero-order valence-electron chi connectivity index (χ0n) is 17.2. The van der Waals surface area contributed by atoms with Gasteiger partial charge in [0.05, 0.1) is 12.1 Å². The Labute approximate surface area is 175 Å². The van der Waals surface area contributed by atoms with Gasteiger partial charge in [-0.25, -0.2) is 4.79 Å². The van der Waals surface area contributed by atoms with Gasteiger partial charge in [0.2, 0.25) is 0 Å². The summed E-state index contributed by atoms with van der Waals surface area (Å²) < 4.78 is 11.2. The van der Waals surface area contributed by atoms with Crippen LogP contribution in [0.4, 0.5) is 4.79 Å². The van der Waals surface area contributed by atoms with Crippen molar-refractivity contribution in [2.24, 2.45) is 4.99 Å². The monoisotopic (exact) mass is 484 g/mol. The molecule has 0 radical (unpaired) electrons. The second kappa shape index (κ2) is 11.8. The van der Waals surface area contributed by atoms with E-state index in [1.807, 2.05) is 34.6 Å². The zero-order valence-corrected chi connectivity index (χ0v) is 19.5. The molecular weight excluding hydrogens is 447 g/mol. The molecule has 1 atom stereocenters. The summed E-state index contributed by atoms with van der Waals surface area (Å²) >= 11 is 0. The number of halogens is 1. The highest BCUT2D eigenvalue weighted by Crippen LogP contribution is 2.24. The summed E-state index contributed by atoms with van der Waals surface area (Å²) in [6.07, 6.45) is 1.85. The van der Waals surface area contributed by atoms with Crippen LogP contribution in [-0.4, -0.2) is 67.5 Å². The number of ether oxygens (including phenoxy) is 2. The van der Waals surface area contributed by atoms with Gasteiger partial charge in [0, 0.05) is 32.8 Å². The van der Waals surface area contributed by atoms with E-state index in [1.54, 1.807) is 4.90 Å². The third kappa shape index (κ3) is 9.80. The van der Waals surface area contributed by atoms with Gasteiger partial charge in [0.1, 0.15) is 5.60 Å². The van der Waals surface area contributed by atoms with Gasteiger partial charge >= 0.3 is 6.09 Å². The number of hydrogen-bond donors (Lipinski definition) is 2. The Morgan fingerprint density at radius 1 is 1.31 bits per heavy atom. The van der Waals surface area contributed by atoms with Crippen LogP contribution in [-0.2, 0) is 9.47 Å². The Bertz CT molecular complexity index is 446. The van der Waals surface area contributed by atoms with E-state index in [0.717, 1.165) is 32.0 Å². The van der Waals surface area contributed by atoms with Crippen LogP contribution >= 0.6 is 24.0 Å². The minimum atomic E-state index is -0.481. The van der Waals surface area contributed by atoms with Crippen molar-refractivity contribution >= 4 is 36.0 Å². The molecule has 1 unspecified atom stereocenters. The number of amides is 1. The lowest BCUT2D eigenvalue weighted by atomic mass is 10.0. The minimum Gasteiger partial charge on any atom is -0.444 e. The average molecular weight is 484 g/mol. The maximum atomic E-state index is 12.1. The molecule has 1 rings (SSSR count). The first-order chi connectivity index (χ1) is 11.7. The van der Waals surface area contributed by atoms with Gasteiger partial charge in [0.25, 0.3) is 0 Å². The lowest BCUT2D eigenvalue weighted by Crippen LogP contribution is -2.44. The standard InChI is InChI=1S/C18H36N4O3.HI/c1-7-19-15(21-14-18(6)10-9-13-24-18)20-11-12-22(8-2)16(23)25-17(3,4)5;/h7-14H2,1-6H3,(H2,19,20,21);1H. The quantitative estimate of drug-likeness (QED) is 0.330. The molecule has 26 heavy (non-hydrogen) atoms. The van der Waals surface area contributed by atoms with Crippen molar-refractivity contribution in [3.8, 4) is 0 Å². The molecule has 0 bridgehead atoms. The van der Waals surface area contributed by atoms with Crippen LogP contribution in [0.25, 0.3) is 0 Å². The molecule has 0 aromatic rings. The second-order valence-corrected chi connectivity index (χ2v) is 7.58. The van der Waals surface area contributed by atoms with Gasteiger partial charge < -0.3 is 25.0 Å². The van der Waals surface area contributed by atoms with Crippen LogP contribution in [0.1, 0.15) is 54.4 Å². The number of rotatable bonds is 7. The van der Waals surface area contributed by atoms with Gasteiger partial charge in [-0.3, -0.25) is 4.99 Å². The summed E-state index contributed by atoms with van der Waals surface area (Å²) in [6, 6.07) is 0. The summed E-state index contributed by atoms with van der Waals surface area (Å²) in [5.41, 5.74) is -0.640. The molecule has 0 aromatic carbocycles. The fraction of sp³-hybridized carbons (Fsp3) is 0.889. The first-order valence-electron chi connectivity index (χ1n) is 9.33. The minimum absolute atomic E-state index is 0. The Kier molecular flexibility index (Phi) is 11.5. The Hall–Kier alpha value is -0.770. The topological polar surface area (TPSA) is 75.2 Å². The van der Waals surface area contributed by atoms with Crippen LogP contribution in [0, 0.1) is 0 Å². The summed E-state index contributed by atoms with van der Waals surface area (Å²) in [4.78, 5) is 18.5. The maximum Gasteiger partial charge on any atom is 0.410 e. The van der Waals surface area contributed by atoms with E-state index < -0.39 is 5.60 Å². The molecule has 1 saturated heterocycles. The highest BCUT2D eigenvalue weighted by atomic mass is 127. The van der Waals surface area contributed by atoms with Crippen LogP contribution in [0.15, 0.2) is 4.99 Å². The summed E-state index contributed by atoms with van der Waals surface area (Å²) in [5, 5.41) is 6.51. The highest BCUT2D eigenvalue weighted by Gasteiger charge is 2.29. The van der Waals surface area contributed by atoms with Gasteiger partial charge in [-0.1, -0.05) is 0 Å². The van der Waals surface area contributed by atoms with E-state index >= 15 is 0 Å². The van der Waals surface area contributed by atoms with Crippen molar-refractivity contribution < 1.29 is 14.3 Å². The van der Waals surface area contributed by atoms with Crippen molar-refractivity contribution in [1.29, 1.82) is 0 Å². The molecule has 2 N–H and O–H groups in total. The first kappa shape index (κ1) is 25.2. The summed E-state index contributed by atoms with van der Waals surface area (Å²) in [7, 11) is 0. The number of carbonyl (C=O) groups is 1. The van der Waals surface area contributed by atoms with Gasteiger partial charge in [-0.15, -0.1) is 24.0 Å². The summed E-state index contributed by atoms with van der Waals surface area (Å²) in [5.74, 6) is 0.750. The number of guanidine groups is 1. The number of nitrogens with one attached hydrogen (secondary N) is 2. The molecule has 0 aromatic heterocycles. The lowest BCUT2D eigenvalue weighted by Gasteiger charge is -2.27. The van der Waals surface area contributed by atoms with E-state index in [2.05, 4.69) is 22.5 Å². The number of likely N-dealkylation sites (N-methyl/N-ethyl adjacent to an activating group) is 1. The molecule has 1 heterocycles. The maximum absolute atomic E-state index is 12.1. The normalized spacial score (nSPS) is 20.3. The van der Waals surface area contributed by atoms with E-state index in [4.69, 9.17) is 9.47 Å². The third-order valence-electron chi connectivity index (χ3n) is 3.92. The Morgan fingerprint density at radius 3 is 2.50 bits per heavy atom. The molecule has 8 heteroatoms. The zero-order chi connectivity index (χ0) is 18.9. The predicted molar refractivity (Wildman–Crippen MR) is 116 cm³/mol. The second-order valence-electron chi connectivity index (χ2n) is 7.58. The number of carbonyl (C=O) groups excluding carboxylic acids is 1. The fourth-order valence-corrected chi connectivity index (χ4v) is 2.56. The van der Waals surface area contributed by atoms with E-state index in [0.29, 0.717) is 26.2 Å². The van der Waals surface area contributed by atoms with Crippen molar-refractivity contribution in [1.82, 2.24) is 15.5 Å². The SMILES string of the molecule is CCNC(=NCC1(C)CCCO1)NCCN(CC)C(=O)OC(C)(C)C.I. The smallest absolute Gasteiger partial charge is 0.410 e. The van der Waals surface area contributed by atoms with Crippen molar-refractivity contribution in [3.63, 3.8) is 0 Å². The molecule has 0 saturated carbocycles. The molecule has 0 spiro atoms. The number of hydrogen-bond acceptors (Lipinski definition) is 4. The van der Waals surface area contributed by atoms with Crippen LogP contribution in [0.5, 0.6) is 0 Å². The van der Waals surface area contributed by atoms with E-state index in [1.165, 1.54) is 0 Å². The molecule has 7 nitrogen and oxygen atoms in total. The largest absolute Gasteiger partial charge is 0.444 e. The lowest BCUT2D eigenvalue weighted by molar-refractivity contribution is 0.0264. The van der Waals surface area contributed by atoms with Gasteiger partial charge in [0.15, 0.2) is 5.96 Å². The fourth-order valence-electron chi connectivity index (χ4n) is 2.56. The van der Waals surface area contributed by atoms with Crippen LogP contribution < -0.4 is 10.6 Å². The Morgan fingerprint density at radius 2 is 2.00 bits per heavy atom. The van der Waals surface area contributed by atoms with Crippen molar-refractivity contribution in [2.45, 2.75) is 65.6 Å². The predicted octanol–water partition coefficient (Wildman–Crippen LogP) is 2.99. The van der Waals surface area contributed by atoms with Crippen LogP contribution in [0.2, 0.25) is 0 Å². The molecule has 154 valence electrons. The Balaban J connectivity index is 0.00000625. The molecule has 1 fully saturated rings. The number of nitrogens with zero attached hydrogens (tertiary/aromatic N) is 2. The molecule has 1 amide bonds. The van der Waals surface area contributed by atoms with Gasteiger partial charge in [-0.05, 0) is 54.4 Å². The molecule has 1 aliphatic rings. The number of aliphatic imine (C=N–C) groups is 1. The average Bonchev–Trinajstić information content (AvgIpc) is 2.94. The van der Waals surface area contributed by atoms with Crippen LogP contribution in [0.3, 0.4) is 0 Å². The summed E-state index contributed by atoms with van der Waals surface area (Å²) in [6.45, 7) is 15.7. The molecular formula is C18H37IN4O3. The third-order valence-corrected chi connectivity index (χ3v) is 3.92. The first-order valence-corrected chi connectivity index (χ1v) is 9.33. The van der Waals surface area contributed by atoms with Gasteiger partial charge in [-0.2, -0.15) is 0 Å².